The van der Waals surface area contributed by atoms with Gasteiger partial charge in [-0.1, -0.05) is 29.8 Å². The number of hydrogen-bond acceptors (Lipinski definition) is 7. The molecule has 3 heterocycles. The fourth-order valence-electron chi connectivity index (χ4n) is 4.41. The van der Waals surface area contributed by atoms with Crippen molar-refractivity contribution >= 4 is 54.8 Å². The van der Waals surface area contributed by atoms with E-state index in [-0.39, 0.29) is 29.8 Å². The normalized spacial score (nSPS) is 17.3. The first-order chi connectivity index (χ1) is 16.9. The van der Waals surface area contributed by atoms with Gasteiger partial charge in [0.2, 0.25) is 0 Å². The van der Waals surface area contributed by atoms with Crippen molar-refractivity contribution in [2.45, 2.75) is 4.21 Å². The summed E-state index contributed by atoms with van der Waals surface area (Å²) in [5.74, 6) is 0.714. The molecule has 11 heteroatoms. The smallest absolute Gasteiger partial charge is 0.253 e. The minimum Gasteiger partial charge on any atom is -0.395 e. The number of β-amino-alcohol motifs (C(OH)–C–C–N with tert-alkyl or cyclic N) is 1. The van der Waals surface area contributed by atoms with Gasteiger partial charge in [-0.2, -0.15) is 4.31 Å². The van der Waals surface area contributed by atoms with Crippen LogP contribution in [-0.4, -0.2) is 91.8 Å². The highest BCUT2D eigenvalue weighted by Crippen LogP contribution is 2.33. The third kappa shape index (κ3) is 4.81. The van der Waals surface area contributed by atoms with Crippen LogP contribution in [0.5, 0.6) is 0 Å². The van der Waals surface area contributed by atoms with E-state index in [0.717, 1.165) is 28.0 Å². The van der Waals surface area contributed by atoms with Gasteiger partial charge in [0.1, 0.15) is 10.0 Å². The van der Waals surface area contributed by atoms with Gasteiger partial charge in [-0.05, 0) is 35.7 Å². The van der Waals surface area contributed by atoms with Crippen LogP contribution in [0.3, 0.4) is 0 Å². The summed E-state index contributed by atoms with van der Waals surface area (Å²) in [6.07, 6.45) is 0. The van der Waals surface area contributed by atoms with Gasteiger partial charge in [-0.3, -0.25) is 9.79 Å². The highest BCUT2D eigenvalue weighted by Gasteiger charge is 2.31. The van der Waals surface area contributed by atoms with Crippen molar-refractivity contribution in [2.75, 3.05) is 52.4 Å². The molecule has 8 nitrogen and oxygen atoms in total. The molecular formula is C24H25ClN4O4S2. The summed E-state index contributed by atoms with van der Waals surface area (Å²) in [6.45, 7) is 3.21. The third-order valence-corrected chi connectivity index (χ3v) is 9.95. The molecule has 2 aliphatic heterocycles. The Morgan fingerprint density at radius 2 is 1.77 bits per heavy atom. The van der Waals surface area contributed by atoms with E-state index < -0.39 is 10.0 Å². The first-order valence-electron chi connectivity index (χ1n) is 11.4. The van der Waals surface area contributed by atoms with E-state index in [1.54, 1.807) is 35.2 Å². The van der Waals surface area contributed by atoms with E-state index >= 15 is 0 Å². The molecule has 2 aromatic carbocycles. The fourth-order valence-corrected chi connectivity index (χ4v) is 7.66. The number of carbonyl (C=O) groups excluding carboxylic acids is 1. The van der Waals surface area contributed by atoms with Crippen LogP contribution >= 0.6 is 22.9 Å². The van der Waals surface area contributed by atoms with Crippen molar-refractivity contribution in [3.05, 3.63) is 64.7 Å². The number of hydrogen-bond donors (Lipinski definition) is 1. The number of piperazine rings is 1. The Balaban J connectivity index is 1.24. The first kappa shape index (κ1) is 24.2. The monoisotopic (exact) mass is 532 g/mol. The summed E-state index contributed by atoms with van der Waals surface area (Å²) in [4.78, 5) is 21.3. The predicted octanol–water partition coefficient (Wildman–Crippen LogP) is 2.76. The minimum absolute atomic E-state index is 0.0640. The lowest BCUT2D eigenvalue weighted by Crippen LogP contribution is -2.50. The molecule has 1 amide bonds. The Morgan fingerprint density at radius 1 is 1.03 bits per heavy atom. The number of carbonyl (C=O) groups is 1. The zero-order valence-electron chi connectivity index (χ0n) is 18.9. The topological polar surface area (TPSA) is 93.5 Å². The van der Waals surface area contributed by atoms with E-state index in [4.69, 9.17) is 11.6 Å². The minimum atomic E-state index is -3.64. The highest BCUT2D eigenvalue weighted by atomic mass is 35.5. The molecule has 1 N–H and O–H groups in total. The molecule has 0 unspecified atom stereocenters. The molecular weight excluding hydrogens is 508 g/mol. The van der Waals surface area contributed by atoms with Crippen LogP contribution in [0.1, 0.15) is 15.9 Å². The van der Waals surface area contributed by atoms with E-state index in [9.17, 15) is 18.3 Å². The van der Waals surface area contributed by atoms with Gasteiger partial charge < -0.3 is 14.9 Å². The summed E-state index contributed by atoms with van der Waals surface area (Å²) < 4.78 is 28.9. The molecule has 0 spiro atoms. The molecule has 5 rings (SSSR count). The maximum atomic E-state index is 13.2. The van der Waals surface area contributed by atoms with E-state index in [1.807, 2.05) is 23.1 Å². The number of amidine groups is 1. The maximum Gasteiger partial charge on any atom is 0.253 e. The largest absolute Gasteiger partial charge is 0.395 e. The van der Waals surface area contributed by atoms with Crippen molar-refractivity contribution in [3.63, 3.8) is 0 Å². The van der Waals surface area contributed by atoms with Gasteiger partial charge in [-0.15, -0.1) is 11.3 Å². The Kier molecular flexibility index (Phi) is 6.82. The number of aliphatic hydroxyl groups is 1. The van der Waals surface area contributed by atoms with E-state index in [0.29, 0.717) is 36.8 Å². The molecule has 1 aromatic heterocycles. The van der Waals surface area contributed by atoms with Crippen LogP contribution < -0.4 is 0 Å². The van der Waals surface area contributed by atoms with Crippen molar-refractivity contribution in [1.29, 1.82) is 0 Å². The number of thiophene rings is 1. The molecule has 0 radical (unpaired) electrons. The average molecular weight is 533 g/mol. The van der Waals surface area contributed by atoms with Crippen molar-refractivity contribution in [1.82, 2.24) is 14.1 Å². The molecule has 1 fully saturated rings. The number of sulfonamides is 1. The molecule has 0 saturated carbocycles. The van der Waals surface area contributed by atoms with Crippen LogP contribution in [-0.2, 0) is 10.0 Å². The average Bonchev–Trinajstić information content (AvgIpc) is 3.51. The van der Waals surface area contributed by atoms with Crippen molar-refractivity contribution in [2.24, 2.45) is 4.99 Å². The van der Waals surface area contributed by atoms with Gasteiger partial charge in [0, 0.05) is 60.1 Å². The predicted molar refractivity (Wildman–Crippen MR) is 138 cm³/mol. The number of halogens is 1. The molecule has 0 aliphatic carbocycles. The lowest BCUT2D eigenvalue weighted by Gasteiger charge is -2.33. The number of benzene rings is 2. The molecule has 3 aromatic rings. The second kappa shape index (κ2) is 9.87. The summed E-state index contributed by atoms with van der Waals surface area (Å²) in [5.41, 5.74) is 1.46. The number of rotatable bonds is 6. The van der Waals surface area contributed by atoms with E-state index in [2.05, 4.69) is 4.99 Å². The van der Waals surface area contributed by atoms with Gasteiger partial charge in [0.25, 0.3) is 15.9 Å². The lowest BCUT2D eigenvalue weighted by molar-refractivity contribution is 0.0698. The zero-order valence-corrected chi connectivity index (χ0v) is 21.3. The summed E-state index contributed by atoms with van der Waals surface area (Å²) >= 11 is 7.25. The van der Waals surface area contributed by atoms with Crippen LogP contribution in [0.15, 0.2) is 57.7 Å². The number of fused-ring (bicyclic) bond motifs is 1. The van der Waals surface area contributed by atoms with Gasteiger partial charge in [0.05, 0.1) is 13.2 Å². The molecule has 35 heavy (non-hydrogen) atoms. The van der Waals surface area contributed by atoms with Gasteiger partial charge in [-0.25, -0.2) is 8.42 Å². The maximum absolute atomic E-state index is 13.2. The van der Waals surface area contributed by atoms with Crippen LogP contribution in [0.2, 0.25) is 5.02 Å². The van der Waals surface area contributed by atoms with Gasteiger partial charge >= 0.3 is 0 Å². The van der Waals surface area contributed by atoms with E-state index in [1.165, 1.54) is 15.6 Å². The highest BCUT2D eigenvalue weighted by molar-refractivity contribution is 7.91. The Labute approximate surface area is 213 Å². The number of amides is 1. The number of nitrogens with zero attached hydrogens (tertiary/aromatic N) is 4. The standard InChI is InChI=1S/C24H25ClN4O4S2/c25-20-6-5-19-15-22(34-21(19)16-20)35(32,33)29-11-9-28(10-12-29)24(31)18-3-1-17(2-4-18)23-26-7-8-27(23)13-14-30/h1-6,15-16,30H,7-14H2. The molecule has 0 bridgehead atoms. The van der Waals surface area contributed by atoms with Crippen LogP contribution in [0.25, 0.3) is 10.1 Å². The summed E-state index contributed by atoms with van der Waals surface area (Å²) in [5, 5.41) is 10.7. The third-order valence-electron chi connectivity index (χ3n) is 6.27. The Morgan fingerprint density at radius 3 is 2.49 bits per heavy atom. The van der Waals surface area contributed by atoms with Gasteiger partial charge in [0.15, 0.2) is 0 Å². The molecule has 0 atom stereocenters. The second-order valence-electron chi connectivity index (χ2n) is 8.44. The molecule has 2 aliphatic rings. The Bertz CT molecular complexity index is 1380. The van der Waals surface area contributed by atoms with Crippen LogP contribution in [0, 0.1) is 0 Å². The lowest BCUT2D eigenvalue weighted by atomic mass is 10.1. The summed E-state index contributed by atoms with van der Waals surface area (Å²) in [7, 11) is -3.64. The number of aliphatic imine (C=N–C) groups is 1. The molecule has 1 saturated heterocycles. The quantitative estimate of drug-likeness (QED) is 0.527. The first-order valence-corrected chi connectivity index (χ1v) is 14.0. The van der Waals surface area contributed by atoms with Crippen molar-refractivity contribution in [3.8, 4) is 0 Å². The fraction of sp³-hybridized carbons (Fsp3) is 0.333. The van der Waals surface area contributed by atoms with Crippen molar-refractivity contribution < 1.29 is 18.3 Å². The summed E-state index contributed by atoms with van der Waals surface area (Å²) in [6, 6.07) is 14.3. The molecule has 184 valence electrons. The second-order valence-corrected chi connectivity index (χ2v) is 12.1. The van der Waals surface area contributed by atoms with Crippen LogP contribution in [0.4, 0.5) is 0 Å². The Hall–Kier alpha value is -2.50. The SMILES string of the molecule is O=C(c1ccc(C2=NCCN2CCO)cc1)N1CCN(S(=O)(=O)c2cc3ccc(Cl)cc3s2)CC1. The zero-order chi connectivity index (χ0) is 24.6. The number of aliphatic hydroxyl groups excluding tert-OH is 1.